The molecular weight excluding hydrogens is 138 g/mol. The first-order valence-electron chi connectivity index (χ1n) is 4.36. The molecule has 0 aromatic rings. The maximum atomic E-state index is 11.5. The van der Waals surface area contributed by atoms with Crippen LogP contribution in [0, 0.1) is 5.92 Å². The Kier molecular flexibility index (Phi) is 2.21. The van der Waals surface area contributed by atoms with Gasteiger partial charge in [-0.15, -0.1) is 0 Å². The van der Waals surface area contributed by atoms with E-state index in [1.165, 1.54) is 6.42 Å². The average Bonchev–Trinajstić information content (AvgIpc) is 1.86. The highest BCUT2D eigenvalue weighted by atomic mass is 16.2. The molecule has 2 heteroatoms. The Hall–Kier alpha value is -0.530. The van der Waals surface area contributed by atoms with E-state index in [9.17, 15) is 4.79 Å². The summed E-state index contributed by atoms with van der Waals surface area (Å²) in [5.41, 5.74) is 0. The predicted molar refractivity (Wildman–Crippen MR) is 45.2 cm³/mol. The predicted octanol–water partition coefficient (Wildman–Crippen LogP) is 1.65. The normalized spacial score (nSPS) is 30.5. The molecule has 1 heterocycles. The van der Waals surface area contributed by atoms with Crippen LogP contribution in [0.15, 0.2) is 0 Å². The van der Waals surface area contributed by atoms with E-state index in [2.05, 4.69) is 13.8 Å². The molecule has 2 nitrogen and oxygen atoms in total. The third-order valence-corrected chi connectivity index (χ3v) is 2.38. The van der Waals surface area contributed by atoms with E-state index in [1.807, 2.05) is 18.7 Å². The summed E-state index contributed by atoms with van der Waals surface area (Å²) in [5.74, 6) is 0.455. The summed E-state index contributed by atoms with van der Waals surface area (Å²) < 4.78 is 0. The van der Waals surface area contributed by atoms with Gasteiger partial charge in [-0.3, -0.25) is 4.79 Å². The number of carbonyl (C=O) groups is 1. The summed E-state index contributed by atoms with van der Waals surface area (Å²) in [6, 6.07) is 0.944. The molecule has 1 amide bonds. The molecule has 1 aliphatic heterocycles. The highest BCUT2D eigenvalue weighted by Gasteiger charge is 2.36. The van der Waals surface area contributed by atoms with E-state index in [1.54, 1.807) is 0 Å². The average molecular weight is 155 g/mol. The Morgan fingerprint density at radius 1 is 1.36 bits per heavy atom. The van der Waals surface area contributed by atoms with Gasteiger partial charge in [-0.25, -0.2) is 0 Å². The lowest BCUT2D eigenvalue weighted by molar-refractivity contribution is -0.146. The van der Waals surface area contributed by atoms with Crippen LogP contribution in [0.4, 0.5) is 0 Å². The summed E-state index contributed by atoms with van der Waals surface area (Å²) >= 11 is 0. The Labute approximate surface area is 68.6 Å². The maximum Gasteiger partial charge on any atom is 0.225 e. The molecule has 1 saturated heterocycles. The number of nitrogens with zero attached hydrogens (tertiary/aromatic N) is 1. The van der Waals surface area contributed by atoms with Gasteiger partial charge in [-0.05, 0) is 20.3 Å². The number of amides is 1. The Bertz CT molecular complexity index is 157. The van der Waals surface area contributed by atoms with Crippen LogP contribution < -0.4 is 0 Å². The second-order valence-electron chi connectivity index (χ2n) is 3.83. The number of hydrogen-bond acceptors (Lipinski definition) is 1. The number of hydrogen-bond donors (Lipinski definition) is 0. The Balaban J connectivity index is 2.53. The molecule has 2 unspecified atom stereocenters. The lowest BCUT2D eigenvalue weighted by Crippen LogP contribution is -2.56. The van der Waals surface area contributed by atoms with Gasteiger partial charge in [0, 0.05) is 18.0 Å². The lowest BCUT2D eigenvalue weighted by atomic mass is 9.94. The molecule has 0 spiro atoms. The van der Waals surface area contributed by atoms with Gasteiger partial charge in [0.2, 0.25) is 5.91 Å². The second-order valence-corrected chi connectivity index (χ2v) is 3.83. The number of rotatable bonds is 1. The van der Waals surface area contributed by atoms with Gasteiger partial charge >= 0.3 is 0 Å². The minimum atomic E-state index is 0.153. The molecular formula is C9H17NO. The van der Waals surface area contributed by atoms with Crippen LogP contribution in [0.25, 0.3) is 0 Å². The summed E-state index contributed by atoms with van der Waals surface area (Å²) in [4.78, 5) is 13.5. The third kappa shape index (κ3) is 1.39. The standard InChI is InChI=1S/C9H17NO/c1-6(2)9(11)10-7(3)5-8(10)4/h6-8H,5H2,1-4H3. The van der Waals surface area contributed by atoms with Crippen molar-refractivity contribution in [3.05, 3.63) is 0 Å². The Morgan fingerprint density at radius 3 is 2.00 bits per heavy atom. The monoisotopic (exact) mass is 155 g/mol. The maximum absolute atomic E-state index is 11.5. The van der Waals surface area contributed by atoms with Crippen LogP contribution in [0.5, 0.6) is 0 Å². The topological polar surface area (TPSA) is 20.3 Å². The van der Waals surface area contributed by atoms with Crippen LogP contribution in [-0.4, -0.2) is 22.9 Å². The molecule has 0 radical (unpaired) electrons. The van der Waals surface area contributed by atoms with E-state index in [4.69, 9.17) is 0 Å². The quantitative estimate of drug-likeness (QED) is 0.564. The Morgan fingerprint density at radius 2 is 1.82 bits per heavy atom. The second kappa shape index (κ2) is 2.84. The van der Waals surface area contributed by atoms with E-state index in [-0.39, 0.29) is 5.92 Å². The van der Waals surface area contributed by atoms with Crippen molar-refractivity contribution in [3.8, 4) is 0 Å². The van der Waals surface area contributed by atoms with Gasteiger partial charge in [-0.1, -0.05) is 13.8 Å². The van der Waals surface area contributed by atoms with Gasteiger partial charge in [0.1, 0.15) is 0 Å². The first kappa shape index (κ1) is 8.57. The number of carbonyl (C=O) groups excluding carboxylic acids is 1. The van der Waals surface area contributed by atoms with Crippen molar-refractivity contribution in [2.24, 2.45) is 5.92 Å². The fourth-order valence-corrected chi connectivity index (χ4v) is 1.75. The summed E-state index contributed by atoms with van der Waals surface area (Å²) in [6.07, 6.45) is 1.17. The molecule has 0 aliphatic carbocycles. The molecule has 1 fully saturated rings. The van der Waals surface area contributed by atoms with Gasteiger partial charge in [0.25, 0.3) is 0 Å². The minimum absolute atomic E-state index is 0.153. The summed E-state index contributed by atoms with van der Waals surface area (Å²) in [5, 5.41) is 0. The zero-order valence-electron chi connectivity index (χ0n) is 7.79. The zero-order valence-corrected chi connectivity index (χ0v) is 7.79. The van der Waals surface area contributed by atoms with Crippen molar-refractivity contribution >= 4 is 5.91 Å². The molecule has 2 atom stereocenters. The van der Waals surface area contributed by atoms with Gasteiger partial charge in [-0.2, -0.15) is 0 Å². The molecule has 0 aromatic carbocycles. The molecule has 64 valence electrons. The van der Waals surface area contributed by atoms with Gasteiger partial charge < -0.3 is 4.90 Å². The molecule has 0 aromatic heterocycles. The fraction of sp³-hybridized carbons (Fsp3) is 0.889. The van der Waals surface area contributed by atoms with Crippen LogP contribution in [0.2, 0.25) is 0 Å². The smallest absolute Gasteiger partial charge is 0.225 e. The molecule has 0 saturated carbocycles. The lowest BCUT2D eigenvalue weighted by Gasteiger charge is -2.46. The van der Waals surface area contributed by atoms with E-state index in [0.717, 1.165) is 0 Å². The van der Waals surface area contributed by atoms with Crippen LogP contribution in [0.3, 0.4) is 0 Å². The first-order chi connectivity index (χ1) is 5.04. The van der Waals surface area contributed by atoms with Crippen molar-refractivity contribution in [1.29, 1.82) is 0 Å². The highest BCUT2D eigenvalue weighted by molar-refractivity contribution is 5.79. The molecule has 0 bridgehead atoms. The van der Waals surface area contributed by atoms with Crippen molar-refractivity contribution in [2.75, 3.05) is 0 Å². The van der Waals surface area contributed by atoms with Crippen LogP contribution >= 0.6 is 0 Å². The van der Waals surface area contributed by atoms with Crippen molar-refractivity contribution in [3.63, 3.8) is 0 Å². The van der Waals surface area contributed by atoms with Crippen LogP contribution in [0.1, 0.15) is 34.1 Å². The van der Waals surface area contributed by atoms with Crippen molar-refractivity contribution in [2.45, 2.75) is 46.2 Å². The first-order valence-corrected chi connectivity index (χ1v) is 4.36. The highest BCUT2D eigenvalue weighted by Crippen LogP contribution is 2.26. The summed E-state index contributed by atoms with van der Waals surface area (Å²) in [6.45, 7) is 8.14. The third-order valence-electron chi connectivity index (χ3n) is 2.38. The largest absolute Gasteiger partial charge is 0.337 e. The van der Waals surface area contributed by atoms with Crippen molar-refractivity contribution < 1.29 is 4.79 Å². The van der Waals surface area contributed by atoms with Crippen molar-refractivity contribution in [1.82, 2.24) is 4.90 Å². The van der Waals surface area contributed by atoms with Crippen LogP contribution in [-0.2, 0) is 4.79 Å². The number of likely N-dealkylation sites (tertiary alicyclic amines) is 1. The summed E-state index contributed by atoms with van der Waals surface area (Å²) in [7, 11) is 0. The van der Waals surface area contributed by atoms with E-state index < -0.39 is 0 Å². The molecule has 1 rings (SSSR count). The van der Waals surface area contributed by atoms with Gasteiger partial charge in [0.15, 0.2) is 0 Å². The minimum Gasteiger partial charge on any atom is -0.337 e. The van der Waals surface area contributed by atoms with E-state index >= 15 is 0 Å². The molecule has 11 heavy (non-hydrogen) atoms. The SMILES string of the molecule is CC(C)C(=O)N1C(C)CC1C. The van der Waals surface area contributed by atoms with Gasteiger partial charge in [0.05, 0.1) is 0 Å². The van der Waals surface area contributed by atoms with E-state index in [0.29, 0.717) is 18.0 Å². The zero-order chi connectivity index (χ0) is 8.59. The fourth-order valence-electron chi connectivity index (χ4n) is 1.75. The molecule has 0 N–H and O–H groups in total. The molecule has 1 aliphatic rings.